The van der Waals surface area contributed by atoms with Gasteiger partial charge in [-0.1, -0.05) is 51.1 Å². The van der Waals surface area contributed by atoms with E-state index in [-0.39, 0.29) is 30.5 Å². The van der Waals surface area contributed by atoms with E-state index in [1.807, 2.05) is 51.1 Å². The normalized spacial score (nSPS) is 29.4. The van der Waals surface area contributed by atoms with Gasteiger partial charge in [0.25, 0.3) is 0 Å². The summed E-state index contributed by atoms with van der Waals surface area (Å²) in [4.78, 5) is 12.4. The van der Waals surface area contributed by atoms with Crippen molar-refractivity contribution in [3.8, 4) is 0 Å². The predicted octanol–water partition coefficient (Wildman–Crippen LogP) is 2.89. The minimum atomic E-state index is -1.27. The van der Waals surface area contributed by atoms with E-state index in [1.54, 1.807) is 6.92 Å². The van der Waals surface area contributed by atoms with Crippen molar-refractivity contribution in [2.24, 2.45) is 11.3 Å². The second kappa shape index (κ2) is 5.78. The molecular weight excluding hydrogens is 268 g/mol. The molecule has 4 heteroatoms. The van der Waals surface area contributed by atoms with Gasteiger partial charge in [-0.25, -0.2) is 0 Å². The first-order valence-electron chi connectivity index (χ1n) is 7.30. The molecule has 1 fully saturated rings. The predicted molar refractivity (Wildman–Crippen MR) is 79.3 cm³/mol. The van der Waals surface area contributed by atoms with Gasteiger partial charge in [0.15, 0.2) is 5.79 Å². The maximum Gasteiger partial charge on any atom is 0.312 e. The van der Waals surface area contributed by atoms with Gasteiger partial charge in [0, 0.05) is 6.42 Å². The Labute approximate surface area is 126 Å². The van der Waals surface area contributed by atoms with E-state index in [0.717, 1.165) is 5.56 Å². The Morgan fingerprint density at radius 1 is 1.38 bits per heavy atom. The Bertz CT molecular complexity index is 487. The molecule has 1 aliphatic rings. The maximum absolute atomic E-state index is 12.4. The van der Waals surface area contributed by atoms with Crippen molar-refractivity contribution < 1.29 is 19.4 Å². The quantitative estimate of drug-likeness (QED) is 0.870. The molecule has 1 unspecified atom stereocenters. The second-order valence-electron chi connectivity index (χ2n) is 6.98. The standard InChI is InChI=1S/C17H24O4/c1-16(2,3)14-13(10-17(4,19)21-14)15(18)20-11-12-8-6-5-7-9-12/h5-9,13-14,19H,10-11H2,1-4H3/t13-,14-,17?/m1/s1. The fourth-order valence-electron chi connectivity index (χ4n) is 2.74. The number of ether oxygens (including phenoxy) is 2. The Morgan fingerprint density at radius 3 is 2.57 bits per heavy atom. The van der Waals surface area contributed by atoms with Crippen LogP contribution >= 0.6 is 0 Å². The Kier molecular flexibility index (Phi) is 4.40. The lowest BCUT2D eigenvalue weighted by molar-refractivity contribution is -0.197. The third kappa shape index (κ3) is 4.05. The smallest absolute Gasteiger partial charge is 0.312 e. The molecule has 0 saturated carbocycles. The van der Waals surface area contributed by atoms with Gasteiger partial charge in [0.2, 0.25) is 0 Å². The summed E-state index contributed by atoms with van der Waals surface area (Å²) in [6.45, 7) is 7.83. The van der Waals surface area contributed by atoms with Crippen molar-refractivity contribution in [2.75, 3.05) is 0 Å². The van der Waals surface area contributed by atoms with E-state index in [1.165, 1.54) is 0 Å². The van der Waals surface area contributed by atoms with E-state index in [0.29, 0.717) is 0 Å². The van der Waals surface area contributed by atoms with Crippen LogP contribution < -0.4 is 0 Å². The van der Waals surface area contributed by atoms with Crippen molar-refractivity contribution in [1.82, 2.24) is 0 Å². The van der Waals surface area contributed by atoms with Crippen molar-refractivity contribution in [3.05, 3.63) is 35.9 Å². The Hall–Kier alpha value is -1.39. The molecule has 0 bridgehead atoms. The van der Waals surface area contributed by atoms with E-state index in [9.17, 15) is 9.90 Å². The number of hydrogen-bond acceptors (Lipinski definition) is 4. The topological polar surface area (TPSA) is 55.8 Å². The molecule has 0 spiro atoms. The Balaban J connectivity index is 2.03. The van der Waals surface area contributed by atoms with Gasteiger partial charge in [-0.05, 0) is 17.9 Å². The highest BCUT2D eigenvalue weighted by atomic mass is 16.6. The number of rotatable bonds is 3. The van der Waals surface area contributed by atoms with E-state index < -0.39 is 11.7 Å². The lowest BCUT2D eigenvalue weighted by Gasteiger charge is -2.30. The summed E-state index contributed by atoms with van der Waals surface area (Å²) in [5, 5.41) is 10.1. The van der Waals surface area contributed by atoms with Crippen LogP contribution in [-0.4, -0.2) is 23.0 Å². The zero-order valence-corrected chi connectivity index (χ0v) is 13.1. The largest absolute Gasteiger partial charge is 0.461 e. The van der Waals surface area contributed by atoms with Gasteiger partial charge in [-0.2, -0.15) is 0 Å². The average molecular weight is 292 g/mol. The van der Waals surface area contributed by atoms with Gasteiger partial charge in [-0.3, -0.25) is 4.79 Å². The molecule has 1 saturated heterocycles. The summed E-state index contributed by atoms with van der Waals surface area (Å²) < 4.78 is 11.1. The molecule has 1 N–H and O–H groups in total. The fourth-order valence-corrected chi connectivity index (χ4v) is 2.74. The van der Waals surface area contributed by atoms with Crippen molar-refractivity contribution >= 4 is 5.97 Å². The molecule has 0 aliphatic carbocycles. The Morgan fingerprint density at radius 2 is 2.00 bits per heavy atom. The highest BCUT2D eigenvalue weighted by molar-refractivity contribution is 5.73. The molecule has 1 aromatic rings. The fraction of sp³-hybridized carbons (Fsp3) is 0.588. The third-order valence-corrected chi connectivity index (χ3v) is 3.73. The SMILES string of the molecule is CC1(O)C[C@@H](C(=O)OCc2ccccc2)[C@H](C(C)(C)C)O1. The molecular formula is C17H24O4. The maximum atomic E-state index is 12.4. The van der Waals surface area contributed by atoms with Crippen molar-refractivity contribution in [1.29, 1.82) is 0 Å². The van der Waals surface area contributed by atoms with Gasteiger partial charge in [0.05, 0.1) is 12.0 Å². The van der Waals surface area contributed by atoms with E-state index in [2.05, 4.69) is 0 Å². The van der Waals surface area contributed by atoms with Gasteiger partial charge >= 0.3 is 5.97 Å². The zero-order valence-electron chi connectivity index (χ0n) is 13.1. The highest BCUT2D eigenvalue weighted by Crippen LogP contribution is 2.42. The van der Waals surface area contributed by atoms with Gasteiger partial charge < -0.3 is 14.6 Å². The molecule has 116 valence electrons. The molecule has 1 aromatic carbocycles. The summed E-state index contributed by atoms with van der Waals surface area (Å²) in [6.07, 6.45) is -0.0847. The van der Waals surface area contributed by atoms with Crippen molar-refractivity contribution in [3.63, 3.8) is 0 Å². The van der Waals surface area contributed by atoms with E-state index >= 15 is 0 Å². The van der Waals surface area contributed by atoms with Gasteiger partial charge in [0.1, 0.15) is 6.61 Å². The zero-order chi connectivity index (χ0) is 15.7. The number of benzene rings is 1. The monoisotopic (exact) mass is 292 g/mol. The summed E-state index contributed by atoms with van der Waals surface area (Å²) in [6, 6.07) is 9.56. The number of aliphatic hydroxyl groups is 1. The third-order valence-electron chi connectivity index (χ3n) is 3.73. The van der Waals surface area contributed by atoms with Crippen LogP contribution in [0.25, 0.3) is 0 Å². The highest BCUT2D eigenvalue weighted by Gasteiger charge is 2.50. The molecule has 0 radical (unpaired) electrons. The van der Waals surface area contributed by atoms with Crippen LogP contribution in [0.3, 0.4) is 0 Å². The molecule has 1 aliphatic heterocycles. The van der Waals surface area contributed by atoms with Crippen LogP contribution in [0.15, 0.2) is 30.3 Å². The number of esters is 1. The molecule has 1 heterocycles. The van der Waals surface area contributed by atoms with Crippen LogP contribution in [0.5, 0.6) is 0 Å². The van der Waals surface area contributed by atoms with E-state index in [4.69, 9.17) is 9.47 Å². The molecule has 21 heavy (non-hydrogen) atoms. The molecule has 0 amide bonds. The minimum absolute atomic E-state index is 0.239. The van der Waals surface area contributed by atoms with Gasteiger partial charge in [-0.15, -0.1) is 0 Å². The number of carbonyl (C=O) groups is 1. The molecule has 0 aromatic heterocycles. The summed E-state index contributed by atoms with van der Waals surface area (Å²) in [5.74, 6) is -2.02. The van der Waals surface area contributed by atoms with Crippen LogP contribution in [0.1, 0.15) is 39.7 Å². The second-order valence-corrected chi connectivity index (χ2v) is 6.98. The first-order valence-corrected chi connectivity index (χ1v) is 7.30. The van der Waals surface area contributed by atoms with Crippen LogP contribution in [0.2, 0.25) is 0 Å². The average Bonchev–Trinajstić information content (AvgIpc) is 2.73. The van der Waals surface area contributed by atoms with Crippen molar-refractivity contribution in [2.45, 2.75) is 52.6 Å². The lowest BCUT2D eigenvalue weighted by Crippen LogP contribution is -2.36. The molecule has 2 rings (SSSR count). The minimum Gasteiger partial charge on any atom is -0.461 e. The molecule has 3 atom stereocenters. The van der Waals surface area contributed by atoms with Crippen LogP contribution in [0, 0.1) is 11.3 Å². The number of carbonyl (C=O) groups excluding carboxylic acids is 1. The summed E-state index contributed by atoms with van der Waals surface area (Å²) in [7, 11) is 0. The summed E-state index contributed by atoms with van der Waals surface area (Å²) in [5.41, 5.74) is 0.709. The summed E-state index contributed by atoms with van der Waals surface area (Å²) >= 11 is 0. The first kappa shape index (κ1) is 16.0. The van der Waals surface area contributed by atoms with Crippen LogP contribution in [0.4, 0.5) is 0 Å². The molecule has 4 nitrogen and oxygen atoms in total. The first-order chi connectivity index (χ1) is 9.69. The number of hydrogen-bond donors (Lipinski definition) is 1. The van der Waals surface area contributed by atoms with Crippen LogP contribution in [-0.2, 0) is 20.9 Å². The lowest BCUT2D eigenvalue weighted by atomic mass is 9.81.